The first-order valence-corrected chi connectivity index (χ1v) is 10.1. The number of nitrogens with zero attached hydrogens (tertiary/aromatic N) is 3. The number of likely N-dealkylation sites (N-methyl/N-ethyl adjacent to an activating group) is 1. The van der Waals surface area contributed by atoms with Crippen molar-refractivity contribution in [2.24, 2.45) is 4.99 Å². The average molecular weight is 395 g/mol. The molecule has 1 saturated heterocycles. The minimum Gasteiger partial charge on any atom is -0.383 e. The molecular weight excluding hydrogens is 359 g/mol. The maximum absolute atomic E-state index is 13.2. The lowest BCUT2D eigenvalue weighted by Gasteiger charge is -2.38. The molecule has 2 atom stereocenters. The maximum Gasteiger partial charge on any atom is 0.194 e. The standard InChI is InChI=1S/C21H35FN4O2/c1-5-23-21(24-11-6-12-25(3)13-14-27-4)26-15-17(2)28-20(16-26)18-7-9-19(22)10-8-18/h7-10,17,20H,5-6,11-16H2,1-4H3,(H,23,24). The molecule has 0 aromatic heterocycles. The summed E-state index contributed by atoms with van der Waals surface area (Å²) in [6, 6.07) is 6.58. The summed E-state index contributed by atoms with van der Waals surface area (Å²) in [5.41, 5.74) is 0.994. The Kier molecular flexibility index (Phi) is 9.67. The van der Waals surface area contributed by atoms with Gasteiger partial charge in [0.25, 0.3) is 0 Å². The quantitative estimate of drug-likeness (QED) is 0.396. The second kappa shape index (κ2) is 12.0. The van der Waals surface area contributed by atoms with Crippen molar-refractivity contribution in [3.8, 4) is 0 Å². The van der Waals surface area contributed by atoms with Crippen molar-refractivity contribution in [2.45, 2.75) is 32.5 Å². The summed E-state index contributed by atoms with van der Waals surface area (Å²) in [6.07, 6.45) is 0.984. The highest BCUT2D eigenvalue weighted by Gasteiger charge is 2.28. The molecule has 7 heteroatoms. The molecule has 28 heavy (non-hydrogen) atoms. The largest absolute Gasteiger partial charge is 0.383 e. The molecule has 2 rings (SSSR count). The highest BCUT2D eigenvalue weighted by atomic mass is 19.1. The van der Waals surface area contributed by atoms with Gasteiger partial charge in [-0.25, -0.2) is 4.39 Å². The summed E-state index contributed by atoms with van der Waals surface area (Å²) in [6.45, 7) is 9.90. The van der Waals surface area contributed by atoms with E-state index in [0.717, 1.165) is 57.3 Å². The molecule has 6 nitrogen and oxygen atoms in total. The fourth-order valence-corrected chi connectivity index (χ4v) is 3.30. The van der Waals surface area contributed by atoms with Crippen molar-refractivity contribution in [2.75, 3.05) is 60.0 Å². The monoisotopic (exact) mass is 394 g/mol. The topological polar surface area (TPSA) is 49.3 Å². The fraction of sp³-hybridized carbons (Fsp3) is 0.667. The number of aliphatic imine (C=N–C) groups is 1. The molecule has 1 aromatic carbocycles. The Balaban J connectivity index is 1.95. The first-order valence-electron chi connectivity index (χ1n) is 10.1. The van der Waals surface area contributed by atoms with E-state index in [-0.39, 0.29) is 18.0 Å². The molecule has 1 heterocycles. The molecule has 2 unspecified atom stereocenters. The van der Waals surface area contributed by atoms with Crippen molar-refractivity contribution >= 4 is 5.96 Å². The van der Waals surface area contributed by atoms with E-state index in [9.17, 15) is 4.39 Å². The second-order valence-corrected chi connectivity index (χ2v) is 7.28. The molecule has 1 aliphatic heterocycles. The van der Waals surface area contributed by atoms with E-state index in [1.54, 1.807) is 19.2 Å². The van der Waals surface area contributed by atoms with E-state index in [2.05, 4.69) is 36.0 Å². The SMILES string of the molecule is CCNC(=NCCCN(C)CCOC)N1CC(C)OC(c2ccc(F)cc2)C1. The van der Waals surface area contributed by atoms with Gasteiger partial charge >= 0.3 is 0 Å². The summed E-state index contributed by atoms with van der Waals surface area (Å²) in [4.78, 5) is 9.33. The molecule has 0 aliphatic carbocycles. The van der Waals surface area contributed by atoms with Gasteiger partial charge in [-0.1, -0.05) is 12.1 Å². The normalized spacial score (nSPS) is 20.6. The van der Waals surface area contributed by atoms with Gasteiger partial charge in [0.15, 0.2) is 5.96 Å². The number of methoxy groups -OCH3 is 1. The second-order valence-electron chi connectivity index (χ2n) is 7.28. The zero-order valence-corrected chi connectivity index (χ0v) is 17.7. The van der Waals surface area contributed by atoms with Crippen molar-refractivity contribution in [1.29, 1.82) is 0 Å². The van der Waals surface area contributed by atoms with Crippen molar-refractivity contribution in [1.82, 2.24) is 15.1 Å². The molecule has 0 bridgehead atoms. The lowest BCUT2D eigenvalue weighted by molar-refractivity contribution is -0.0605. The lowest BCUT2D eigenvalue weighted by atomic mass is 10.1. The van der Waals surface area contributed by atoms with Crippen molar-refractivity contribution in [3.05, 3.63) is 35.6 Å². The minimum absolute atomic E-state index is 0.0767. The van der Waals surface area contributed by atoms with Gasteiger partial charge in [0, 0.05) is 33.3 Å². The number of hydrogen-bond acceptors (Lipinski definition) is 4. The Labute approximate surface area is 168 Å². The number of ether oxygens (including phenoxy) is 2. The maximum atomic E-state index is 13.2. The van der Waals surface area contributed by atoms with Crippen LogP contribution in [0.5, 0.6) is 0 Å². The van der Waals surface area contributed by atoms with Crippen LogP contribution in [-0.4, -0.2) is 81.9 Å². The predicted molar refractivity (Wildman–Crippen MR) is 111 cm³/mol. The summed E-state index contributed by atoms with van der Waals surface area (Å²) in [7, 11) is 3.83. The smallest absolute Gasteiger partial charge is 0.194 e. The molecule has 1 aliphatic rings. The Morgan fingerprint density at radius 2 is 2.07 bits per heavy atom. The third-order valence-electron chi connectivity index (χ3n) is 4.77. The summed E-state index contributed by atoms with van der Waals surface area (Å²) in [5, 5.41) is 3.40. The van der Waals surface area contributed by atoms with Gasteiger partial charge in [0.1, 0.15) is 11.9 Å². The number of benzene rings is 1. The molecule has 1 aromatic rings. The van der Waals surface area contributed by atoms with E-state index >= 15 is 0 Å². The first-order chi connectivity index (χ1) is 13.5. The van der Waals surface area contributed by atoms with Gasteiger partial charge in [0.05, 0.1) is 19.3 Å². The van der Waals surface area contributed by atoms with Gasteiger partial charge in [-0.15, -0.1) is 0 Å². The van der Waals surface area contributed by atoms with Gasteiger partial charge in [-0.05, 0) is 51.6 Å². The molecule has 0 spiro atoms. The van der Waals surface area contributed by atoms with Crippen LogP contribution in [-0.2, 0) is 9.47 Å². The van der Waals surface area contributed by atoms with Gasteiger partial charge in [0.2, 0.25) is 0 Å². The lowest BCUT2D eigenvalue weighted by Crippen LogP contribution is -2.50. The third-order valence-corrected chi connectivity index (χ3v) is 4.77. The Morgan fingerprint density at radius 3 is 2.75 bits per heavy atom. The van der Waals surface area contributed by atoms with Crippen LogP contribution < -0.4 is 5.32 Å². The van der Waals surface area contributed by atoms with Crippen LogP contribution in [0.15, 0.2) is 29.3 Å². The van der Waals surface area contributed by atoms with Crippen LogP contribution in [0.3, 0.4) is 0 Å². The predicted octanol–water partition coefficient (Wildman–Crippen LogP) is 2.52. The Bertz CT molecular complexity index is 597. The van der Waals surface area contributed by atoms with Crippen molar-refractivity contribution < 1.29 is 13.9 Å². The summed E-state index contributed by atoms with van der Waals surface area (Å²) in [5.74, 6) is 0.694. The molecule has 1 N–H and O–H groups in total. The van der Waals surface area contributed by atoms with Crippen LogP contribution >= 0.6 is 0 Å². The van der Waals surface area contributed by atoms with Crippen molar-refractivity contribution in [3.63, 3.8) is 0 Å². The van der Waals surface area contributed by atoms with Crippen LogP contribution in [0.25, 0.3) is 0 Å². The summed E-state index contributed by atoms with van der Waals surface area (Å²) < 4.78 is 24.5. The van der Waals surface area contributed by atoms with Crippen LogP contribution in [0.1, 0.15) is 31.9 Å². The molecule has 158 valence electrons. The van der Waals surface area contributed by atoms with Gasteiger partial charge in [-0.2, -0.15) is 0 Å². The zero-order valence-electron chi connectivity index (χ0n) is 17.7. The van der Waals surface area contributed by atoms with E-state index in [1.807, 2.05) is 0 Å². The molecule has 0 saturated carbocycles. The third kappa shape index (κ3) is 7.37. The summed E-state index contributed by atoms with van der Waals surface area (Å²) >= 11 is 0. The zero-order chi connectivity index (χ0) is 20.4. The van der Waals surface area contributed by atoms with Crippen LogP contribution in [0.2, 0.25) is 0 Å². The number of rotatable bonds is 9. The van der Waals surface area contributed by atoms with E-state index in [4.69, 9.17) is 14.5 Å². The van der Waals surface area contributed by atoms with E-state index in [0.29, 0.717) is 6.54 Å². The molecule has 0 amide bonds. The molecule has 1 fully saturated rings. The number of halogens is 1. The Morgan fingerprint density at radius 1 is 1.32 bits per heavy atom. The number of morpholine rings is 1. The number of nitrogens with one attached hydrogen (secondary N) is 1. The molecule has 0 radical (unpaired) electrons. The van der Waals surface area contributed by atoms with Gasteiger partial charge in [-0.3, -0.25) is 4.99 Å². The van der Waals surface area contributed by atoms with E-state index in [1.165, 1.54) is 12.1 Å². The average Bonchev–Trinajstić information content (AvgIpc) is 2.68. The van der Waals surface area contributed by atoms with E-state index < -0.39 is 0 Å². The molecular formula is C21H35FN4O2. The van der Waals surface area contributed by atoms with Crippen LogP contribution in [0.4, 0.5) is 4.39 Å². The number of guanidine groups is 1. The first kappa shape index (κ1) is 22.6. The Hall–Kier alpha value is -1.70. The highest BCUT2D eigenvalue weighted by Crippen LogP contribution is 2.25. The highest BCUT2D eigenvalue weighted by molar-refractivity contribution is 5.80. The van der Waals surface area contributed by atoms with Gasteiger partial charge < -0.3 is 24.6 Å². The van der Waals surface area contributed by atoms with Crippen LogP contribution in [0, 0.1) is 5.82 Å². The minimum atomic E-state index is -0.227. The fourth-order valence-electron chi connectivity index (χ4n) is 3.30. The number of hydrogen-bond donors (Lipinski definition) is 1.